The van der Waals surface area contributed by atoms with Crippen molar-refractivity contribution in [3.63, 3.8) is 0 Å². The zero-order valence-corrected chi connectivity index (χ0v) is 30.1. The van der Waals surface area contributed by atoms with Gasteiger partial charge in [-0.3, -0.25) is 0 Å². The molecule has 4 saturated carbocycles. The fraction of sp³-hybridized carbons (Fsp3) is 0.196. The average Bonchev–Trinajstić information content (AvgIpc) is 3.52. The molecule has 7 aromatic carbocycles. The lowest BCUT2D eigenvalue weighted by atomic mass is 9.43. The number of hydrogen-bond acceptors (Lipinski definition) is 3. The first-order valence-corrected chi connectivity index (χ1v) is 19.8. The third kappa shape index (κ3) is 4.45. The van der Waals surface area contributed by atoms with Crippen LogP contribution in [0.3, 0.4) is 0 Å². The Morgan fingerprint density at radius 1 is 0.389 bits per heavy atom. The molecule has 1 heterocycles. The standard InChI is InChI=1S/C51H39N3/c1-3-11-34(12-4-1)48-52-49(35-13-5-2-6-14-35)54-50(53-48)39-16-9-15-36(27-39)37-18-19-38-29-45-44-21-20-33-10-7-8-17-43(33)47(44)51(46(45)30-40(38)28-37)41-23-31-22-32(25-41)26-42(51)24-31/h1-21,27-32,41-42H,22-26H2. The van der Waals surface area contributed by atoms with E-state index in [4.69, 9.17) is 15.0 Å². The van der Waals surface area contributed by atoms with Crippen LogP contribution in [0, 0.1) is 23.7 Å². The van der Waals surface area contributed by atoms with Crippen LogP contribution in [0.5, 0.6) is 0 Å². The summed E-state index contributed by atoms with van der Waals surface area (Å²) in [6.07, 6.45) is 7.00. The molecule has 8 aromatic rings. The van der Waals surface area contributed by atoms with E-state index >= 15 is 0 Å². The number of rotatable bonds is 4. The number of fused-ring (bicyclic) bond motifs is 6. The first kappa shape index (κ1) is 30.5. The van der Waals surface area contributed by atoms with Crippen LogP contribution in [0.1, 0.15) is 43.2 Å². The summed E-state index contributed by atoms with van der Waals surface area (Å²) >= 11 is 0. The van der Waals surface area contributed by atoms with Crippen LogP contribution in [0.2, 0.25) is 0 Å². The van der Waals surface area contributed by atoms with Crippen molar-refractivity contribution < 1.29 is 0 Å². The van der Waals surface area contributed by atoms with Gasteiger partial charge in [-0.25, -0.2) is 15.0 Å². The van der Waals surface area contributed by atoms with Gasteiger partial charge < -0.3 is 0 Å². The van der Waals surface area contributed by atoms with Gasteiger partial charge in [0.2, 0.25) is 0 Å². The van der Waals surface area contributed by atoms with Crippen molar-refractivity contribution >= 4 is 21.5 Å². The molecule has 5 aliphatic carbocycles. The first-order chi connectivity index (χ1) is 26.7. The molecule has 0 atom stereocenters. The van der Waals surface area contributed by atoms with Crippen LogP contribution in [-0.2, 0) is 5.41 Å². The maximum atomic E-state index is 5.03. The van der Waals surface area contributed by atoms with Gasteiger partial charge in [0.25, 0.3) is 0 Å². The van der Waals surface area contributed by atoms with Gasteiger partial charge in [0.1, 0.15) is 0 Å². The van der Waals surface area contributed by atoms with Crippen molar-refractivity contribution in [2.24, 2.45) is 23.7 Å². The van der Waals surface area contributed by atoms with Gasteiger partial charge in [0.05, 0.1) is 0 Å². The van der Waals surface area contributed by atoms with Crippen LogP contribution in [0.15, 0.2) is 152 Å². The molecule has 258 valence electrons. The summed E-state index contributed by atoms with van der Waals surface area (Å²) in [4.78, 5) is 15.0. The number of benzene rings is 7. The molecular weight excluding hydrogens is 655 g/mol. The minimum absolute atomic E-state index is 0.106. The molecule has 0 aliphatic heterocycles. The monoisotopic (exact) mass is 693 g/mol. The summed E-state index contributed by atoms with van der Waals surface area (Å²) < 4.78 is 0. The van der Waals surface area contributed by atoms with E-state index in [-0.39, 0.29) is 5.41 Å². The van der Waals surface area contributed by atoms with Crippen LogP contribution >= 0.6 is 0 Å². The molecule has 4 bridgehead atoms. The molecule has 3 nitrogen and oxygen atoms in total. The molecule has 3 heteroatoms. The van der Waals surface area contributed by atoms with Crippen LogP contribution < -0.4 is 0 Å². The topological polar surface area (TPSA) is 38.7 Å². The molecule has 0 radical (unpaired) electrons. The summed E-state index contributed by atoms with van der Waals surface area (Å²) in [5.74, 6) is 5.30. The number of aromatic nitrogens is 3. The highest BCUT2D eigenvalue weighted by molar-refractivity contribution is 6.02. The van der Waals surface area contributed by atoms with E-state index < -0.39 is 0 Å². The second-order valence-electron chi connectivity index (χ2n) is 16.5. The van der Waals surface area contributed by atoms with Gasteiger partial charge >= 0.3 is 0 Å². The maximum absolute atomic E-state index is 5.03. The molecule has 0 amide bonds. The molecular formula is C51H39N3. The Morgan fingerprint density at radius 3 is 1.67 bits per heavy atom. The molecule has 0 saturated heterocycles. The minimum Gasteiger partial charge on any atom is -0.208 e. The molecule has 1 spiro atoms. The van der Waals surface area contributed by atoms with Gasteiger partial charge in [-0.1, -0.05) is 127 Å². The summed E-state index contributed by atoms with van der Waals surface area (Å²) in [5.41, 5.74) is 11.6. The SMILES string of the molecule is c1ccc(-c2nc(-c3ccccc3)nc(-c3cccc(-c4ccc5cc6c(cc5c4)C4(c5c-6ccc6ccccc56)C5CC6CC(C5)CC4C6)c3)n2)cc1. The highest BCUT2D eigenvalue weighted by atomic mass is 15.0. The lowest BCUT2D eigenvalue weighted by Crippen LogP contribution is -2.55. The third-order valence-corrected chi connectivity index (χ3v) is 13.6. The molecule has 5 aliphatic rings. The van der Waals surface area contributed by atoms with Gasteiger partial charge in [-0.15, -0.1) is 0 Å². The Balaban J connectivity index is 0.999. The zero-order valence-electron chi connectivity index (χ0n) is 30.1. The lowest BCUT2D eigenvalue weighted by molar-refractivity contribution is -0.0393. The van der Waals surface area contributed by atoms with E-state index in [0.717, 1.165) is 45.9 Å². The van der Waals surface area contributed by atoms with Crippen molar-refractivity contribution in [2.75, 3.05) is 0 Å². The van der Waals surface area contributed by atoms with Crippen LogP contribution in [0.25, 0.3) is 78.0 Å². The molecule has 0 unspecified atom stereocenters. The Morgan fingerprint density at radius 2 is 0.963 bits per heavy atom. The lowest BCUT2D eigenvalue weighted by Gasteiger charge is -2.61. The first-order valence-electron chi connectivity index (χ1n) is 19.8. The maximum Gasteiger partial charge on any atom is 0.164 e. The van der Waals surface area contributed by atoms with Crippen molar-refractivity contribution in [2.45, 2.75) is 37.5 Å². The van der Waals surface area contributed by atoms with Crippen LogP contribution in [-0.4, -0.2) is 15.0 Å². The fourth-order valence-corrected chi connectivity index (χ4v) is 11.7. The average molecular weight is 694 g/mol. The Bertz CT molecular complexity index is 2700. The van der Waals surface area contributed by atoms with E-state index in [1.807, 2.05) is 36.4 Å². The van der Waals surface area contributed by atoms with Crippen LogP contribution in [0.4, 0.5) is 0 Å². The Kier molecular flexibility index (Phi) is 6.52. The predicted octanol–water partition coefficient (Wildman–Crippen LogP) is 12.6. The van der Waals surface area contributed by atoms with Gasteiger partial charge in [-0.2, -0.15) is 0 Å². The van der Waals surface area contributed by atoms with E-state index in [9.17, 15) is 0 Å². The van der Waals surface area contributed by atoms with E-state index in [0.29, 0.717) is 17.5 Å². The number of nitrogens with zero attached hydrogens (tertiary/aromatic N) is 3. The van der Waals surface area contributed by atoms with Crippen molar-refractivity contribution in [3.05, 3.63) is 163 Å². The van der Waals surface area contributed by atoms with E-state index in [2.05, 4.69) is 115 Å². The highest BCUT2D eigenvalue weighted by Gasteiger charge is 2.62. The zero-order chi connectivity index (χ0) is 35.4. The Hall–Kier alpha value is -5.93. The van der Waals surface area contributed by atoms with Crippen molar-refractivity contribution in [1.29, 1.82) is 0 Å². The van der Waals surface area contributed by atoms with Gasteiger partial charge in [0.15, 0.2) is 17.5 Å². The second-order valence-corrected chi connectivity index (χ2v) is 16.5. The Labute approximate surface area is 315 Å². The summed E-state index contributed by atoms with van der Waals surface area (Å²) in [5, 5.41) is 5.50. The third-order valence-electron chi connectivity index (χ3n) is 13.6. The van der Waals surface area contributed by atoms with E-state index in [1.165, 1.54) is 70.3 Å². The number of hydrogen-bond donors (Lipinski definition) is 0. The highest BCUT2D eigenvalue weighted by Crippen LogP contribution is 2.70. The quantitative estimate of drug-likeness (QED) is 0.184. The second kappa shape index (κ2) is 11.5. The molecule has 4 fully saturated rings. The summed E-state index contributed by atoms with van der Waals surface area (Å²) in [6.45, 7) is 0. The minimum atomic E-state index is 0.106. The predicted molar refractivity (Wildman–Crippen MR) is 220 cm³/mol. The van der Waals surface area contributed by atoms with Gasteiger partial charge in [-0.05, 0) is 135 Å². The molecule has 1 aromatic heterocycles. The van der Waals surface area contributed by atoms with Crippen molar-refractivity contribution in [3.8, 4) is 56.4 Å². The van der Waals surface area contributed by atoms with Crippen molar-refractivity contribution in [1.82, 2.24) is 15.0 Å². The normalized spacial score (nSPS) is 23.3. The summed E-state index contributed by atoms with van der Waals surface area (Å²) in [6, 6.07) is 55.4. The van der Waals surface area contributed by atoms with Gasteiger partial charge in [0, 0.05) is 22.1 Å². The molecule has 54 heavy (non-hydrogen) atoms. The van der Waals surface area contributed by atoms with E-state index in [1.54, 1.807) is 11.1 Å². The fourth-order valence-electron chi connectivity index (χ4n) is 11.7. The molecule has 13 rings (SSSR count). The smallest absolute Gasteiger partial charge is 0.164 e. The largest absolute Gasteiger partial charge is 0.208 e. The summed E-state index contributed by atoms with van der Waals surface area (Å²) in [7, 11) is 0. The molecule has 0 N–H and O–H groups in total.